The number of ether oxygens (including phenoxy) is 1. The third-order valence-corrected chi connectivity index (χ3v) is 1.50. The van der Waals surface area contributed by atoms with Crippen LogP contribution in [0.4, 0.5) is 11.9 Å². The van der Waals surface area contributed by atoms with Crippen molar-refractivity contribution >= 4 is 11.9 Å². The molecule has 0 radical (unpaired) electrons. The average Bonchev–Trinajstić information content (AvgIpc) is 2.52. The van der Waals surface area contributed by atoms with Crippen molar-refractivity contribution in [1.82, 2.24) is 15.2 Å². The van der Waals surface area contributed by atoms with Gasteiger partial charge in [-0.1, -0.05) is 0 Å². The van der Waals surface area contributed by atoms with E-state index in [9.17, 15) is 0 Å². The SMILES string of the molecule is COCCCN(N)c1n[nH]c(N)n1. The van der Waals surface area contributed by atoms with Gasteiger partial charge >= 0.3 is 0 Å². The van der Waals surface area contributed by atoms with Crippen LogP contribution in [0.1, 0.15) is 6.42 Å². The van der Waals surface area contributed by atoms with Gasteiger partial charge in [-0.2, -0.15) is 4.98 Å². The van der Waals surface area contributed by atoms with E-state index in [1.54, 1.807) is 7.11 Å². The summed E-state index contributed by atoms with van der Waals surface area (Å²) in [5.41, 5.74) is 5.34. The minimum Gasteiger partial charge on any atom is -0.385 e. The molecule has 7 nitrogen and oxygen atoms in total. The molecule has 5 N–H and O–H groups in total. The lowest BCUT2D eigenvalue weighted by Crippen LogP contribution is -2.33. The Labute approximate surface area is 76.0 Å². The predicted molar refractivity (Wildman–Crippen MR) is 48.8 cm³/mol. The molecule has 0 unspecified atom stereocenters. The third kappa shape index (κ3) is 2.88. The molecular weight excluding hydrogens is 172 g/mol. The minimum absolute atomic E-state index is 0.261. The Bertz CT molecular complexity index is 249. The van der Waals surface area contributed by atoms with Crippen LogP contribution in [0.25, 0.3) is 0 Å². The topological polar surface area (TPSA) is 106 Å². The van der Waals surface area contributed by atoms with Crippen molar-refractivity contribution in [3.8, 4) is 0 Å². The van der Waals surface area contributed by atoms with Crippen LogP contribution in [0, 0.1) is 0 Å². The number of nitrogens with one attached hydrogen (secondary N) is 1. The lowest BCUT2D eigenvalue weighted by Gasteiger charge is -2.12. The number of methoxy groups -OCH3 is 1. The fourth-order valence-electron chi connectivity index (χ4n) is 0.873. The van der Waals surface area contributed by atoms with Crippen molar-refractivity contribution in [2.75, 3.05) is 31.0 Å². The van der Waals surface area contributed by atoms with Gasteiger partial charge in [-0.15, -0.1) is 5.10 Å². The molecule has 0 bridgehead atoms. The van der Waals surface area contributed by atoms with Crippen LogP contribution in [0.5, 0.6) is 0 Å². The standard InChI is InChI=1S/C6H14N6O/c1-13-4-2-3-12(8)6-9-5(7)10-11-6/h2-4,8H2,1H3,(H3,7,9,10,11). The summed E-state index contributed by atoms with van der Waals surface area (Å²) in [5.74, 6) is 6.28. The van der Waals surface area contributed by atoms with Gasteiger partial charge in [0.25, 0.3) is 5.95 Å². The van der Waals surface area contributed by atoms with E-state index >= 15 is 0 Å². The van der Waals surface area contributed by atoms with Crippen LogP contribution in [0.2, 0.25) is 0 Å². The lowest BCUT2D eigenvalue weighted by atomic mass is 10.4. The Morgan fingerprint density at radius 1 is 1.62 bits per heavy atom. The van der Waals surface area contributed by atoms with Crippen LogP contribution in [0.15, 0.2) is 0 Å². The fourth-order valence-corrected chi connectivity index (χ4v) is 0.873. The Morgan fingerprint density at radius 3 is 2.92 bits per heavy atom. The normalized spacial score (nSPS) is 10.3. The highest BCUT2D eigenvalue weighted by atomic mass is 16.5. The first-order valence-electron chi connectivity index (χ1n) is 3.93. The van der Waals surface area contributed by atoms with Gasteiger partial charge in [-0.3, -0.25) is 5.01 Å². The average molecular weight is 186 g/mol. The number of hydrazine groups is 1. The summed E-state index contributed by atoms with van der Waals surface area (Å²) in [7, 11) is 1.64. The Kier molecular flexibility index (Phi) is 3.47. The largest absolute Gasteiger partial charge is 0.385 e. The molecule has 1 aromatic rings. The van der Waals surface area contributed by atoms with Gasteiger partial charge in [-0.05, 0) is 6.42 Å². The van der Waals surface area contributed by atoms with Gasteiger partial charge in [-0.25, -0.2) is 10.9 Å². The number of nitrogen functional groups attached to an aromatic ring is 1. The first-order chi connectivity index (χ1) is 6.24. The zero-order valence-electron chi connectivity index (χ0n) is 7.53. The molecule has 13 heavy (non-hydrogen) atoms. The first kappa shape index (κ1) is 9.75. The molecule has 0 aliphatic carbocycles. The van der Waals surface area contributed by atoms with Crippen LogP contribution >= 0.6 is 0 Å². The van der Waals surface area contributed by atoms with E-state index in [1.807, 2.05) is 0 Å². The highest BCUT2D eigenvalue weighted by molar-refractivity contribution is 5.31. The maximum absolute atomic E-state index is 5.63. The Hall–Kier alpha value is -1.34. The van der Waals surface area contributed by atoms with Gasteiger partial charge in [0.15, 0.2) is 0 Å². The number of aromatic amines is 1. The number of hydrogen-bond acceptors (Lipinski definition) is 6. The molecule has 0 fully saturated rings. The minimum atomic E-state index is 0.261. The number of nitrogens with two attached hydrogens (primary N) is 2. The fraction of sp³-hybridized carbons (Fsp3) is 0.667. The van der Waals surface area contributed by atoms with Gasteiger partial charge in [0.1, 0.15) is 0 Å². The zero-order chi connectivity index (χ0) is 9.68. The smallest absolute Gasteiger partial charge is 0.260 e. The molecule has 0 aliphatic rings. The van der Waals surface area contributed by atoms with E-state index in [2.05, 4.69) is 15.2 Å². The molecule has 0 atom stereocenters. The van der Waals surface area contributed by atoms with E-state index in [-0.39, 0.29) is 5.95 Å². The summed E-state index contributed by atoms with van der Waals surface area (Å²) in [5, 5.41) is 7.72. The summed E-state index contributed by atoms with van der Waals surface area (Å²) in [6.07, 6.45) is 0.821. The second-order valence-electron chi connectivity index (χ2n) is 2.56. The van der Waals surface area contributed by atoms with E-state index in [1.165, 1.54) is 5.01 Å². The van der Waals surface area contributed by atoms with Crippen molar-refractivity contribution in [1.29, 1.82) is 0 Å². The van der Waals surface area contributed by atoms with Crippen LogP contribution in [-0.4, -0.2) is 35.4 Å². The van der Waals surface area contributed by atoms with Crippen molar-refractivity contribution in [3.05, 3.63) is 0 Å². The maximum Gasteiger partial charge on any atom is 0.260 e. The number of H-pyrrole nitrogens is 1. The van der Waals surface area contributed by atoms with Gasteiger partial charge in [0.2, 0.25) is 5.95 Å². The molecule has 7 heteroatoms. The van der Waals surface area contributed by atoms with E-state index in [0.717, 1.165) is 6.42 Å². The summed E-state index contributed by atoms with van der Waals surface area (Å²) in [6, 6.07) is 0. The summed E-state index contributed by atoms with van der Waals surface area (Å²) in [4.78, 5) is 3.86. The van der Waals surface area contributed by atoms with Crippen molar-refractivity contribution in [2.45, 2.75) is 6.42 Å². The molecule has 1 rings (SSSR count). The van der Waals surface area contributed by atoms with Gasteiger partial charge < -0.3 is 10.5 Å². The van der Waals surface area contributed by atoms with Gasteiger partial charge in [0.05, 0.1) is 0 Å². The van der Waals surface area contributed by atoms with Crippen molar-refractivity contribution in [3.63, 3.8) is 0 Å². The van der Waals surface area contributed by atoms with Gasteiger partial charge in [0, 0.05) is 20.3 Å². The number of aromatic nitrogens is 3. The third-order valence-electron chi connectivity index (χ3n) is 1.50. The predicted octanol–water partition coefficient (Wildman–Crippen LogP) is -0.896. The molecule has 0 spiro atoms. The molecule has 0 amide bonds. The zero-order valence-corrected chi connectivity index (χ0v) is 7.53. The highest BCUT2D eigenvalue weighted by Gasteiger charge is 2.05. The Morgan fingerprint density at radius 2 is 2.38 bits per heavy atom. The van der Waals surface area contributed by atoms with Crippen molar-refractivity contribution in [2.24, 2.45) is 5.84 Å². The number of hydrogen-bond donors (Lipinski definition) is 3. The van der Waals surface area contributed by atoms with Crippen molar-refractivity contribution < 1.29 is 4.74 Å². The van der Waals surface area contributed by atoms with E-state index < -0.39 is 0 Å². The maximum atomic E-state index is 5.63. The van der Waals surface area contributed by atoms with E-state index in [0.29, 0.717) is 19.1 Å². The second-order valence-corrected chi connectivity index (χ2v) is 2.56. The quantitative estimate of drug-likeness (QED) is 0.313. The highest BCUT2D eigenvalue weighted by Crippen LogP contribution is 2.03. The molecule has 1 heterocycles. The molecule has 1 aromatic heterocycles. The van der Waals surface area contributed by atoms with Crippen LogP contribution in [0.3, 0.4) is 0 Å². The molecule has 0 saturated heterocycles. The van der Waals surface area contributed by atoms with Crippen LogP contribution < -0.4 is 16.6 Å². The number of anilines is 2. The Balaban J connectivity index is 2.35. The second kappa shape index (κ2) is 4.63. The molecular formula is C6H14N6O. The van der Waals surface area contributed by atoms with E-state index in [4.69, 9.17) is 16.3 Å². The van der Waals surface area contributed by atoms with Crippen LogP contribution in [-0.2, 0) is 4.74 Å². The first-order valence-corrected chi connectivity index (χ1v) is 3.93. The summed E-state index contributed by atoms with van der Waals surface area (Å²) < 4.78 is 4.88. The molecule has 0 saturated carbocycles. The number of nitrogens with zero attached hydrogens (tertiary/aromatic N) is 3. The molecule has 0 aliphatic heterocycles. The number of rotatable bonds is 5. The summed E-state index contributed by atoms with van der Waals surface area (Å²) >= 11 is 0. The molecule has 0 aromatic carbocycles. The lowest BCUT2D eigenvalue weighted by molar-refractivity contribution is 0.196. The summed E-state index contributed by atoms with van der Waals surface area (Å²) in [6.45, 7) is 1.29. The molecule has 74 valence electrons. The monoisotopic (exact) mass is 186 g/mol.